The molecular weight excluding hydrogens is 418 g/mol. The van der Waals surface area contributed by atoms with Crippen molar-refractivity contribution < 1.29 is 19.1 Å². The van der Waals surface area contributed by atoms with Crippen molar-refractivity contribution >= 4 is 46.7 Å². The molecule has 2 aromatic carbocycles. The molecule has 1 aliphatic rings. The number of carbonyl (C=O) groups excluding carboxylic acids is 3. The first-order valence-electron chi connectivity index (χ1n) is 9.65. The summed E-state index contributed by atoms with van der Waals surface area (Å²) in [5.74, 6) is -1.05. The quantitative estimate of drug-likeness (QED) is 0.416. The summed E-state index contributed by atoms with van der Waals surface area (Å²) in [6, 6.07) is 16.1. The van der Waals surface area contributed by atoms with Crippen molar-refractivity contribution in [2.45, 2.75) is 43.1 Å². The predicted octanol–water partition coefficient (Wildman–Crippen LogP) is 5.52. The number of esters is 1. The van der Waals surface area contributed by atoms with Gasteiger partial charge in [0.05, 0.1) is 11.0 Å². The summed E-state index contributed by atoms with van der Waals surface area (Å²) in [6.07, 6.45) is 2.10. The van der Waals surface area contributed by atoms with Crippen LogP contribution in [0.3, 0.4) is 0 Å². The van der Waals surface area contributed by atoms with Crippen LogP contribution in [0.4, 0.5) is 4.79 Å². The molecule has 1 aliphatic heterocycles. The van der Waals surface area contributed by atoms with Crippen molar-refractivity contribution in [1.82, 2.24) is 4.90 Å². The first kappa shape index (κ1) is 22.2. The average Bonchev–Trinajstić information content (AvgIpc) is 2.98. The summed E-state index contributed by atoms with van der Waals surface area (Å²) in [5, 5.41) is -0.459. The van der Waals surface area contributed by atoms with Crippen LogP contribution in [0, 0.1) is 6.92 Å². The number of imide groups is 1. The second-order valence-electron chi connectivity index (χ2n) is 6.96. The Morgan fingerprint density at radius 1 is 1.10 bits per heavy atom. The Morgan fingerprint density at radius 3 is 2.30 bits per heavy atom. The van der Waals surface area contributed by atoms with Gasteiger partial charge in [-0.15, -0.1) is 0 Å². The lowest BCUT2D eigenvalue weighted by Crippen LogP contribution is -2.35. The molecule has 2 amide bonds. The molecule has 156 valence electrons. The van der Waals surface area contributed by atoms with E-state index in [2.05, 4.69) is 31.2 Å². The van der Waals surface area contributed by atoms with Gasteiger partial charge in [-0.1, -0.05) is 48.5 Å². The Bertz CT molecular complexity index is 968. The van der Waals surface area contributed by atoms with Gasteiger partial charge >= 0.3 is 5.97 Å². The van der Waals surface area contributed by atoms with Gasteiger partial charge in [-0.2, -0.15) is 0 Å². The van der Waals surface area contributed by atoms with E-state index < -0.39 is 17.1 Å². The monoisotopic (exact) mass is 441 g/mol. The summed E-state index contributed by atoms with van der Waals surface area (Å²) >= 11 is 2.49. The number of benzene rings is 2. The van der Waals surface area contributed by atoms with E-state index in [-0.39, 0.29) is 12.6 Å². The van der Waals surface area contributed by atoms with Gasteiger partial charge in [-0.05, 0) is 67.9 Å². The molecule has 3 rings (SSSR count). The lowest BCUT2D eigenvalue weighted by Gasteiger charge is -2.14. The summed E-state index contributed by atoms with van der Waals surface area (Å²) in [5.41, 5.74) is 2.03. The Balaban J connectivity index is 1.64. The Labute approximate surface area is 184 Å². The second kappa shape index (κ2) is 10.00. The number of nitrogens with zero attached hydrogens (tertiary/aromatic N) is 1. The molecule has 0 N–H and O–H groups in total. The van der Waals surface area contributed by atoms with Crippen molar-refractivity contribution in [1.29, 1.82) is 0 Å². The highest BCUT2D eigenvalue weighted by atomic mass is 32.2. The third-order valence-corrected chi connectivity index (χ3v) is 6.43. The van der Waals surface area contributed by atoms with Crippen LogP contribution in [0.5, 0.6) is 0 Å². The second-order valence-corrected chi connectivity index (χ2v) is 9.10. The fraction of sp³-hybridized carbons (Fsp3) is 0.261. The lowest BCUT2D eigenvalue weighted by atomic mass is 10.2. The smallest absolute Gasteiger partial charge is 0.326 e. The van der Waals surface area contributed by atoms with E-state index in [0.717, 1.165) is 32.0 Å². The van der Waals surface area contributed by atoms with Gasteiger partial charge in [0.15, 0.2) is 0 Å². The third-order valence-electron chi connectivity index (χ3n) is 4.50. The standard InChI is InChI=1S/C23H23NO4S2/c1-4-16(3)28-21(25)14-24-22(26)20(30-23(24)27)13-17-7-11-19(12-8-17)29-18-9-5-15(2)6-10-18/h5-13,16H,4,14H2,1-3H3/b20-13-/t16-/m1/s1. The van der Waals surface area contributed by atoms with Crippen molar-refractivity contribution in [3.63, 3.8) is 0 Å². The van der Waals surface area contributed by atoms with Crippen LogP contribution < -0.4 is 0 Å². The van der Waals surface area contributed by atoms with Gasteiger partial charge in [0, 0.05) is 9.79 Å². The minimum absolute atomic E-state index is 0.246. The van der Waals surface area contributed by atoms with E-state index in [0.29, 0.717) is 11.3 Å². The van der Waals surface area contributed by atoms with E-state index >= 15 is 0 Å². The molecule has 5 nitrogen and oxygen atoms in total. The third kappa shape index (κ3) is 5.77. The van der Waals surface area contributed by atoms with Crippen LogP contribution in [-0.4, -0.2) is 34.7 Å². The highest BCUT2D eigenvalue weighted by Gasteiger charge is 2.36. The van der Waals surface area contributed by atoms with Crippen LogP contribution in [0.2, 0.25) is 0 Å². The Kier molecular flexibility index (Phi) is 7.39. The van der Waals surface area contributed by atoms with Gasteiger partial charge in [0.25, 0.3) is 11.1 Å². The number of rotatable bonds is 7. The minimum Gasteiger partial charge on any atom is -0.461 e. The summed E-state index contributed by atoms with van der Waals surface area (Å²) in [7, 11) is 0. The first-order chi connectivity index (χ1) is 14.4. The van der Waals surface area contributed by atoms with Crippen LogP contribution in [0.25, 0.3) is 6.08 Å². The zero-order chi connectivity index (χ0) is 21.7. The molecule has 2 aromatic rings. The fourth-order valence-electron chi connectivity index (χ4n) is 2.64. The van der Waals surface area contributed by atoms with Crippen LogP contribution in [0.15, 0.2) is 63.2 Å². The number of ether oxygens (including phenoxy) is 1. The highest BCUT2D eigenvalue weighted by Crippen LogP contribution is 2.33. The van der Waals surface area contributed by atoms with E-state index in [1.807, 2.05) is 31.2 Å². The fourth-order valence-corrected chi connectivity index (χ4v) is 4.29. The number of aryl methyl sites for hydroxylation is 1. The molecule has 1 fully saturated rings. The molecule has 0 aromatic heterocycles. The van der Waals surface area contributed by atoms with Crippen LogP contribution in [0.1, 0.15) is 31.4 Å². The molecule has 1 heterocycles. The van der Waals surface area contributed by atoms with E-state index in [1.165, 1.54) is 5.56 Å². The number of thioether (sulfide) groups is 1. The first-order valence-corrected chi connectivity index (χ1v) is 11.3. The molecule has 1 saturated heterocycles. The zero-order valence-electron chi connectivity index (χ0n) is 17.1. The van der Waals surface area contributed by atoms with Crippen molar-refractivity contribution in [3.8, 4) is 0 Å². The van der Waals surface area contributed by atoms with Gasteiger partial charge < -0.3 is 4.74 Å². The summed E-state index contributed by atoms with van der Waals surface area (Å²) in [4.78, 5) is 40.1. The number of amides is 2. The number of carbonyl (C=O) groups is 3. The Hall–Kier alpha value is -2.51. The SMILES string of the molecule is CC[C@@H](C)OC(=O)CN1C(=O)S/C(=C\c2ccc(Sc3ccc(C)cc3)cc2)C1=O. The van der Waals surface area contributed by atoms with Crippen molar-refractivity contribution in [2.24, 2.45) is 0 Å². The van der Waals surface area contributed by atoms with Gasteiger partial charge in [-0.25, -0.2) is 0 Å². The van der Waals surface area contributed by atoms with Gasteiger partial charge in [0.1, 0.15) is 6.54 Å². The number of hydrogen-bond acceptors (Lipinski definition) is 6. The number of hydrogen-bond donors (Lipinski definition) is 0. The van der Waals surface area contributed by atoms with E-state index in [9.17, 15) is 14.4 Å². The molecular formula is C23H23NO4S2. The molecule has 0 saturated carbocycles. The van der Waals surface area contributed by atoms with E-state index in [4.69, 9.17) is 4.74 Å². The lowest BCUT2D eigenvalue weighted by molar-refractivity contribution is -0.150. The Morgan fingerprint density at radius 2 is 1.70 bits per heavy atom. The zero-order valence-corrected chi connectivity index (χ0v) is 18.7. The highest BCUT2D eigenvalue weighted by molar-refractivity contribution is 8.18. The van der Waals surface area contributed by atoms with Crippen LogP contribution in [-0.2, 0) is 14.3 Å². The summed E-state index contributed by atoms with van der Waals surface area (Å²) in [6.45, 7) is 5.36. The maximum Gasteiger partial charge on any atom is 0.326 e. The molecule has 0 radical (unpaired) electrons. The maximum atomic E-state index is 12.6. The molecule has 7 heteroatoms. The largest absolute Gasteiger partial charge is 0.461 e. The van der Waals surface area contributed by atoms with Crippen LogP contribution >= 0.6 is 23.5 Å². The van der Waals surface area contributed by atoms with Crippen molar-refractivity contribution in [2.75, 3.05) is 6.54 Å². The summed E-state index contributed by atoms with van der Waals surface area (Å²) < 4.78 is 5.16. The molecule has 0 unspecified atom stereocenters. The molecule has 0 spiro atoms. The van der Waals surface area contributed by atoms with Crippen molar-refractivity contribution in [3.05, 3.63) is 64.6 Å². The average molecular weight is 442 g/mol. The minimum atomic E-state index is -0.578. The van der Waals surface area contributed by atoms with Gasteiger partial charge in [-0.3, -0.25) is 19.3 Å². The van der Waals surface area contributed by atoms with Gasteiger partial charge in [0.2, 0.25) is 0 Å². The predicted molar refractivity (Wildman–Crippen MR) is 120 cm³/mol. The normalized spacial score (nSPS) is 16.2. The maximum absolute atomic E-state index is 12.6. The molecule has 30 heavy (non-hydrogen) atoms. The molecule has 0 bridgehead atoms. The van der Waals surface area contributed by atoms with E-state index in [1.54, 1.807) is 24.8 Å². The molecule has 0 aliphatic carbocycles. The molecule has 1 atom stereocenters. The topological polar surface area (TPSA) is 63.7 Å².